The standard InChI is InChI=1S/C20H19N3O.C18H19N3O.2C17H17N3O2.C16H18N4O.C15H15N3OS/c1-12-20(23-19(21)24-12)9-13-5-4-7-14(16(13)10-20)17-11-22-18-8-3-2-6-15(17)18;1-11-10-20-7-6-14(11)15-5-3-4-13-8-18(9-16(13)15)12(2)22-17(19)21-18;1-10-17(20-16(18)22-10)8-12-3-2-4-13(14(12)9-17)11-5-6-19-15(21)7-11;1-10-17(20-16(18)22-10)7-11-3-2-4-12(14(11)8-17)13-5-6-19-9-15(13)21;1-10-16(19-15(17)21-10)6-11-4-3-5-13(14(11)7-16)12-8-18-20(2)9-12;1-9-15(18-14(16)19-9)5-10-3-2-4-11(12(10)6-15)13-7-20-8-17-13/h2-8,11-12,22H,9-10H2,1H3,(H2,21,23);3-7,10,12H,8-9H2,1-2H3,(H2,19,21);2-7,10H,8-9H2,1H3,(H2,18,20)(H,19,21);2-6,9-10,21H,7-8H2,1H3,(H2,18,20);3-5,8-10H,6-7H2,1-2H3,(H2,17,19);2-4,7-9H,5-6H2,1H3,(H2,16,18)/t12-,20-;12-,18-;2*10-,17-;10-,16-;9-,15-/m111111/s1. The van der Waals surface area contributed by atoms with Crippen LogP contribution in [0.15, 0.2) is 253 Å². The summed E-state index contributed by atoms with van der Waals surface area (Å²) < 4.78 is 35.4. The van der Waals surface area contributed by atoms with Gasteiger partial charge in [0.05, 0.1) is 23.6 Å². The zero-order valence-electron chi connectivity index (χ0n) is 74.3. The average Bonchev–Trinajstić information content (AvgIpc) is 1.60. The first-order chi connectivity index (χ1) is 63.2. The maximum absolute atomic E-state index is 11.6. The number of aliphatic imine (C=N–C) groups is 6. The number of hydrogen-bond acceptors (Lipinski definition) is 25. The number of H-pyrrole nitrogens is 2. The van der Waals surface area contributed by atoms with E-state index < -0.39 is 0 Å². The van der Waals surface area contributed by atoms with Crippen LogP contribution in [0.3, 0.4) is 0 Å². The molecule has 6 aliphatic carbocycles. The number of hydrogen-bond donors (Lipinski definition) is 9. The highest BCUT2D eigenvalue weighted by atomic mass is 32.1. The molecule has 12 heterocycles. The second-order valence-corrected chi connectivity index (χ2v) is 37.4. The predicted octanol–water partition coefficient (Wildman–Crippen LogP) is 13.7. The lowest BCUT2D eigenvalue weighted by molar-refractivity contribution is 0.157. The Morgan fingerprint density at radius 2 is 0.763 bits per heavy atom. The summed E-state index contributed by atoms with van der Waals surface area (Å²) in [5.74, 6) is 0.190. The lowest BCUT2D eigenvalue weighted by Crippen LogP contribution is -2.36. The molecule has 12 atom stereocenters. The summed E-state index contributed by atoms with van der Waals surface area (Å²) in [6, 6.07) is 56.0. The molecule has 131 heavy (non-hydrogen) atoms. The summed E-state index contributed by atoms with van der Waals surface area (Å²) in [7, 11) is 1.94. The number of nitrogens with one attached hydrogen (secondary N) is 2. The second-order valence-electron chi connectivity index (χ2n) is 36.7. The Hall–Kier alpha value is -14.4. The van der Waals surface area contributed by atoms with Crippen molar-refractivity contribution in [3.8, 4) is 72.6 Å². The number of pyridine rings is 3. The molecule has 0 unspecified atom stereocenters. The molecule has 7 aromatic carbocycles. The van der Waals surface area contributed by atoms with Crippen molar-refractivity contribution in [2.75, 3.05) is 0 Å². The molecule has 27 nitrogen and oxygen atoms in total. The van der Waals surface area contributed by atoms with Crippen LogP contribution < -0.4 is 40.0 Å². The zero-order valence-corrected chi connectivity index (χ0v) is 75.1. The van der Waals surface area contributed by atoms with E-state index in [1.54, 1.807) is 29.8 Å². The molecule has 0 saturated carbocycles. The number of para-hydroxylation sites is 1. The number of nitrogens with zero attached hydrogens (tertiary/aromatic N) is 11. The van der Waals surface area contributed by atoms with E-state index in [4.69, 9.17) is 62.8 Å². The van der Waals surface area contributed by atoms with Gasteiger partial charge in [-0.2, -0.15) is 5.10 Å². The van der Waals surface area contributed by atoms with Gasteiger partial charge in [-0.15, -0.1) is 11.3 Å². The summed E-state index contributed by atoms with van der Waals surface area (Å²) in [5, 5.41) is 17.7. The normalized spacial score (nSPS) is 26.1. The molecule has 6 spiro atoms. The Morgan fingerprint density at radius 3 is 1.14 bits per heavy atom. The number of aromatic nitrogens is 7. The lowest BCUT2D eigenvalue weighted by Gasteiger charge is -2.23. The number of benzene rings is 7. The van der Waals surface area contributed by atoms with Crippen molar-refractivity contribution in [2.45, 2.75) is 195 Å². The van der Waals surface area contributed by atoms with Crippen LogP contribution in [0.1, 0.15) is 114 Å². The Balaban J connectivity index is 0.0000000982. The van der Waals surface area contributed by atoms with Crippen molar-refractivity contribution in [1.29, 1.82) is 0 Å². The van der Waals surface area contributed by atoms with Gasteiger partial charge in [0.25, 0.3) is 36.1 Å². The van der Waals surface area contributed by atoms with Crippen LogP contribution in [0.5, 0.6) is 5.75 Å². The van der Waals surface area contributed by atoms with E-state index in [-0.39, 0.29) is 93.2 Å². The first-order valence-corrected chi connectivity index (χ1v) is 45.6. The van der Waals surface area contributed by atoms with Crippen LogP contribution in [0.2, 0.25) is 0 Å². The van der Waals surface area contributed by atoms with E-state index in [0.29, 0.717) is 24.1 Å². The lowest BCUT2D eigenvalue weighted by atomic mass is 9.90. The van der Waals surface area contributed by atoms with Gasteiger partial charge in [0.1, 0.15) is 75.6 Å². The third kappa shape index (κ3) is 15.4. The van der Waals surface area contributed by atoms with E-state index in [1.165, 1.54) is 117 Å². The first kappa shape index (κ1) is 84.7. The molecule has 6 aliphatic heterocycles. The van der Waals surface area contributed by atoms with Gasteiger partial charge in [0.2, 0.25) is 5.56 Å². The van der Waals surface area contributed by atoms with Crippen molar-refractivity contribution in [2.24, 2.45) is 71.4 Å². The van der Waals surface area contributed by atoms with Crippen LogP contribution in [-0.2, 0) is 113 Å². The number of amidine groups is 6. The number of aryl methyl sites for hydroxylation is 2. The number of rotatable bonds is 6. The van der Waals surface area contributed by atoms with Crippen LogP contribution in [0, 0.1) is 6.92 Å². The van der Waals surface area contributed by atoms with E-state index >= 15 is 0 Å². The molecule has 0 saturated heterocycles. The van der Waals surface area contributed by atoms with Gasteiger partial charge >= 0.3 is 0 Å². The van der Waals surface area contributed by atoms with Gasteiger partial charge < -0.3 is 77.9 Å². The van der Waals surface area contributed by atoms with Gasteiger partial charge in [-0.3, -0.25) is 19.4 Å². The van der Waals surface area contributed by atoms with Crippen molar-refractivity contribution >= 4 is 58.4 Å². The van der Waals surface area contributed by atoms with Crippen molar-refractivity contribution < 1.29 is 33.5 Å². The molecule has 0 radical (unpaired) electrons. The summed E-state index contributed by atoms with van der Waals surface area (Å²) >= 11 is 1.62. The quantitative estimate of drug-likeness (QED) is 0.0746. The number of fused-ring (bicyclic) bond motifs is 7. The molecule has 0 bridgehead atoms. The van der Waals surface area contributed by atoms with Gasteiger partial charge in [-0.1, -0.05) is 127 Å². The van der Waals surface area contributed by atoms with Crippen LogP contribution in [0.25, 0.3) is 77.8 Å². The van der Waals surface area contributed by atoms with Gasteiger partial charge in [-0.05, 0) is 184 Å². The summed E-state index contributed by atoms with van der Waals surface area (Å²) in [5.41, 5.74) is 66.6. The highest BCUT2D eigenvalue weighted by Gasteiger charge is 2.54. The van der Waals surface area contributed by atoms with Crippen LogP contribution in [-0.4, -0.2) is 146 Å². The van der Waals surface area contributed by atoms with E-state index in [0.717, 1.165) is 116 Å². The molecule has 15 N–H and O–H groups in total. The molecule has 13 aromatic rings. The SMILES string of the molecule is C[C@H]1OC(N)=N[C@@]12Cc1cccc(-c3c[nH]c4ccccc34)c1C2.C[C@H]1OC(N)=N[C@@]12Cc1cccc(-c3cc[nH]c(=O)c3)c1C2.C[C@H]1OC(N)=N[C@@]12Cc1cccc(-c3ccncc3O)c1C2.C[C@H]1OC(N)=N[C@@]12Cc1cccc(-c3cnn(C)c3)c1C2.C[C@H]1OC(N)=N[C@@]12Cc1cccc(-c3cscn3)c1C2.Cc1cnccc1-c1cccc2c1C[C@@]1(C2)N=C(N)O[C@@H]1C. The highest BCUT2D eigenvalue weighted by Crippen LogP contribution is 2.51. The largest absolute Gasteiger partial charge is 0.506 e. The van der Waals surface area contributed by atoms with Crippen molar-refractivity contribution in [3.63, 3.8) is 0 Å². The number of nitrogens with two attached hydrogens (primary N) is 6. The Labute approximate surface area is 762 Å². The second kappa shape index (κ2) is 33.0. The van der Waals surface area contributed by atoms with Crippen molar-refractivity contribution in [3.05, 3.63) is 301 Å². The fourth-order valence-electron chi connectivity index (χ4n) is 21.9. The molecule has 666 valence electrons. The van der Waals surface area contributed by atoms with Crippen molar-refractivity contribution in [1.82, 2.24) is 34.7 Å². The Bertz CT molecular complexity index is 6820. The third-order valence-electron chi connectivity index (χ3n) is 28.9. The molecule has 25 rings (SSSR count). The fourth-order valence-corrected chi connectivity index (χ4v) is 22.5. The minimum atomic E-state index is -0.314. The molecule has 6 aromatic heterocycles. The van der Waals surface area contributed by atoms with Gasteiger partial charge in [0, 0.05) is 166 Å². The number of aromatic amines is 2. The minimum Gasteiger partial charge on any atom is -0.506 e. The van der Waals surface area contributed by atoms with E-state index in [9.17, 15) is 9.90 Å². The first-order valence-electron chi connectivity index (χ1n) is 44.6. The smallest absolute Gasteiger partial charge is 0.282 e. The van der Waals surface area contributed by atoms with Crippen LogP contribution >= 0.6 is 11.3 Å². The number of ether oxygens (including phenoxy) is 6. The molecule has 28 heteroatoms. The molecular weight excluding hydrogens is 1660 g/mol. The topological polar surface area (TPSA) is 411 Å². The third-order valence-corrected chi connectivity index (χ3v) is 29.5. The number of thiazole rings is 1. The summed E-state index contributed by atoms with van der Waals surface area (Å²) in [6.07, 6.45) is 24.9. The minimum absolute atomic E-state index is 0.0146. The number of aromatic hydroxyl groups is 1. The maximum Gasteiger partial charge on any atom is 0.282 e. The van der Waals surface area contributed by atoms with Gasteiger partial charge in [-0.25, -0.2) is 34.9 Å². The predicted molar refractivity (Wildman–Crippen MR) is 512 cm³/mol. The fraction of sp³-hybridized carbons (Fsp3) is 0.311. The van der Waals surface area contributed by atoms with E-state index in [1.807, 2.05) is 86.2 Å². The zero-order chi connectivity index (χ0) is 90.6. The molecular formula is C103H105N19O8S. The van der Waals surface area contributed by atoms with Crippen LogP contribution in [0.4, 0.5) is 0 Å². The Morgan fingerprint density at radius 1 is 0.397 bits per heavy atom. The maximum atomic E-state index is 11.6. The molecule has 12 aliphatic rings. The Kier molecular flexibility index (Phi) is 21.3. The van der Waals surface area contributed by atoms with E-state index in [2.05, 4.69) is 227 Å². The van der Waals surface area contributed by atoms with Gasteiger partial charge in [0.15, 0.2) is 0 Å². The summed E-state index contributed by atoms with van der Waals surface area (Å²) in [4.78, 5) is 57.9. The molecule has 0 fully saturated rings. The highest BCUT2D eigenvalue weighted by molar-refractivity contribution is 7.07. The average molecular weight is 1770 g/mol. The monoisotopic (exact) mass is 1770 g/mol. The molecule has 0 amide bonds. The summed E-state index contributed by atoms with van der Waals surface area (Å²) in [6.45, 7) is 14.4.